The first kappa shape index (κ1) is 20.1. The van der Waals surface area contributed by atoms with Crippen molar-refractivity contribution in [1.82, 2.24) is 10.6 Å². The average Bonchev–Trinajstić information content (AvgIpc) is 3.35. The van der Waals surface area contributed by atoms with Crippen molar-refractivity contribution in [2.24, 2.45) is 5.92 Å². The molecule has 3 unspecified atom stereocenters. The summed E-state index contributed by atoms with van der Waals surface area (Å²) in [7, 11) is 1.58. The molecule has 2 N–H and O–H groups in total. The van der Waals surface area contributed by atoms with Crippen LogP contribution < -0.4 is 20.3 Å². The number of amides is 3. The van der Waals surface area contributed by atoms with E-state index < -0.39 is 12.0 Å². The predicted molar refractivity (Wildman–Crippen MR) is 103 cm³/mol. The number of ether oxygens (including phenoxy) is 2. The molecule has 2 saturated heterocycles. The van der Waals surface area contributed by atoms with E-state index in [2.05, 4.69) is 10.6 Å². The minimum Gasteiger partial charge on any atom is -0.497 e. The molecular weight excluding hydrogens is 362 g/mol. The van der Waals surface area contributed by atoms with E-state index in [0.29, 0.717) is 18.8 Å². The van der Waals surface area contributed by atoms with Crippen LogP contribution in [0, 0.1) is 5.92 Å². The SMILES string of the molecule is COc1ccc(N2CC(C(=O)NC(C)C(=O)NCC3CCCO3)CC2=O)cc1. The van der Waals surface area contributed by atoms with Gasteiger partial charge in [0.05, 0.1) is 19.1 Å². The highest BCUT2D eigenvalue weighted by molar-refractivity contribution is 6.01. The summed E-state index contributed by atoms with van der Waals surface area (Å²) < 4.78 is 10.6. The first-order valence-corrected chi connectivity index (χ1v) is 9.62. The van der Waals surface area contributed by atoms with Gasteiger partial charge in [-0.1, -0.05) is 0 Å². The topological polar surface area (TPSA) is 97.0 Å². The minimum atomic E-state index is -0.668. The second-order valence-corrected chi connectivity index (χ2v) is 7.21. The standard InChI is InChI=1S/C20H27N3O5/c1-13(19(25)21-11-17-4-3-9-28-17)22-20(26)14-10-18(24)23(12-14)15-5-7-16(27-2)8-6-15/h5-8,13-14,17H,3-4,9-12H2,1-2H3,(H,21,25)(H,22,26). The summed E-state index contributed by atoms with van der Waals surface area (Å²) in [4.78, 5) is 38.6. The van der Waals surface area contributed by atoms with Gasteiger partial charge >= 0.3 is 0 Å². The Kier molecular flexibility index (Phi) is 6.51. The molecule has 2 fully saturated rings. The molecule has 0 spiro atoms. The molecule has 2 aliphatic rings. The lowest BCUT2D eigenvalue weighted by Gasteiger charge is -2.19. The van der Waals surface area contributed by atoms with Gasteiger partial charge in [0.2, 0.25) is 17.7 Å². The van der Waals surface area contributed by atoms with Gasteiger partial charge in [0.15, 0.2) is 0 Å². The van der Waals surface area contributed by atoms with Gasteiger partial charge in [-0.2, -0.15) is 0 Å². The third-order valence-electron chi connectivity index (χ3n) is 5.16. The molecule has 152 valence electrons. The van der Waals surface area contributed by atoms with E-state index in [1.54, 1.807) is 43.2 Å². The van der Waals surface area contributed by atoms with Crippen molar-refractivity contribution >= 4 is 23.4 Å². The smallest absolute Gasteiger partial charge is 0.242 e. The summed E-state index contributed by atoms with van der Waals surface area (Å²) in [6.07, 6.45) is 2.12. The van der Waals surface area contributed by atoms with Crippen LogP contribution in [-0.4, -0.2) is 56.7 Å². The summed E-state index contributed by atoms with van der Waals surface area (Å²) in [5.41, 5.74) is 0.725. The van der Waals surface area contributed by atoms with Crippen molar-refractivity contribution < 1.29 is 23.9 Å². The Morgan fingerprint density at radius 3 is 2.71 bits per heavy atom. The van der Waals surface area contributed by atoms with Crippen molar-refractivity contribution in [1.29, 1.82) is 0 Å². The predicted octanol–water partition coefficient (Wildman–Crippen LogP) is 0.848. The average molecular weight is 389 g/mol. The fraction of sp³-hybridized carbons (Fsp3) is 0.550. The maximum Gasteiger partial charge on any atom is 0.242 e. The molecule has 3 rings (SSSR count). The Balaban J connectivity index is 1.49. The molecule has 0 radical (unpaired) electrons. The summed E-state index contributed by atoms with van der Waals surface area (Å²) in [5.74, 6) is -0.430. The molecule has 0 aromatic heterocycles. The van der Waals surface area contributed by atoms with E-state index in [-0.39, 0.29) is 30.2 Å². The summed E-state index contributed by atoms with van der Waals surface area (Å²) in [5, 5.41) is 5.52. The van der Waals surface area contributed by atoms with Gasteiger partial charge in [0.25, 0.3) is 0 Å². The quantitative estimate of drug-likeness (QED) is 0.721. The van der Waals surface area contributed by atoms with Crippen LogP contribution in [0.5, 0.6) is 5.75 Å². The molecule has 2 heterocycles. The number of anilines is 1. The number of nitrogens with zero attached hydrogens (tertiary/aromatic N) is 1. The monoisotopic (exact) mass is 389 g/mol. The van der Waals surface area contributed by atoms with Gasteiger partial charge in [-0.3, -0.25) is 14.4 Å². The zero-order valence-electron chi connectivity index (χ0n) is 16.3. The highest BCUT2D eigenvalue weighted by Crippen LogP contribution is 2.27. The molecule has 28 heavy (non-hydrogen) atoms. The molecule has 0 saturated carbocycles. The largest absolute Gasteiger partial charge is 0.497 e. The molecule has 8 heteroatoms. The first-order chi connectivity index (χ1) is 13.5. The van der Waals surface area contributed by atoms with Crippen molar-refractivity contribution in [3.8, 4) is 5.75 Å². The van der Waals surface area contributed by atoms with E-state index in [4.69, 9.17) is 9.47 Å². The Hall–Kier alpha value is -2.61. The molecule has 2 aliphatic heterocycles. The number of methoxy groups -OCH3 is 1. The maximum atomic E-state index is 12.5. The first-order valence-electron chi connectivity index (χ1n) is 9.62. The lowest BCUT2D eigenvalue weighted by molar-refractivity contribution is -0.131. The number of hydrogen-bond donors (Lipinski definition) is 2. The van der Waals surface area contributed by atoms with Crippen LogP contribution >= 0.6 is 0 Å². The highest BCUT2D eigenvalue weighted by atomic mass is 16.5. The summed E-state index contributed by atoms with van der Waals surface area (Å²) in [6, 6.07) is 6.46. The fourth-order valence-corrected chi connectivity index (χ4v) is 3.46. The van der Waals surface area contributed by atoms with Gasteiger partial charge < -0.3 is 25.0 Å². The van der Waals surface area contributed by atoms with Crippen LogP contribution in [0.2, 0.25) is 0 Å². The van der Waals surface area contributed by atoms with Crippen LogP contribution in [-0.2, 0) is 19.1 Å². The summed E-state index contributed by atoms with van der Waals surface area (Å²) in [6.45, 7) is 3.11. The molecule has 3 amide bonds. The number of carbonyl (C=O) groups is 3. The third-order valence-corrected chi connectivity index (χ3v) is 5.16. The number of nitrogens with one attached hydrogen (secondary N) is 2. The van der Waals surface area contributed by atoms with Crippen LogP contribution in [0.4, 0.5) is 5.69 Å². The minimum absolute atomic E-state index is 0.0531. The van der Waals surface area contributed by atoms with Crippen LogP contribution in [0.3, 0.4) is 0 Å². The van der Waals surface area contributed by atoms with Crippen molar-refractivity contribution in [3.05, 3.63) is 24.3 Å². The maximum absolute atomic E-state index is 12.5. The molecule has 0 aliphatic carbocycles. The van der Waals surface area contributed by atoms with E-state index in [0.717, 1.165) is 25.1 Å². The second kappa shape index (κ2) is 9.05. The Morgan fingerprint density at radius 1 is 1.32 bits per heavy atom. The van der Waals surface area contributed by atoms with Gasteiger partial charge in [0.1, 0.15) is 11.8 Å². The van der Waals surface area contributed by atoms with Gasteiger partial charge in [-0.05, 0) is 44.0 Å². The molecule has 0 bridgehead atoms. The lowest BCUT2D eigenvalue weighted by atomic mass is 10.1. The summed E-state index contributed by atoms with van der Waals surface area (Å²) >= 11 is 0. The Bertz CT molecular complexity index is 715. The van der Waals surface area contributed by atoms with Gasteiger partial charge in [-0.15, -0.1) is 0 Å². The zero-order chi connectivity index (χ0) is 20.1. The molecule has 1 aromatic carbocycles. The zero-order valence-corrected chi connectivity index (χ0v) is 16.3. The van der Waals surface area contributed by atoms with Crippen molar-refractivity contribution in [2.45, 2.75) is 38.3 Å². The van der Waals surface area contributed by atoms with Crippen molar-refractivity contribution in [2.75, 3.05) is 31.7 Å². The highest BCUT2D eigenvalue weighted by Gasteiger charge is 2.36. The number of hydrogen-bond acceptors (Lipinski definition) is 5. The van der Waals surface area contributed by atoms with E-state index in [9.17, 15) is 14.4 Å². The Morgan fingerprint density at radius 2 is 2.07 bits per heavy atom. The van der Waals surface area contributed by atoms with E-state index in [1.807, 2.05) is 0 Å². The van der Waals surface area contributed by atoms with E-state index in [1.165, 1.54) is 0 Å². The number of benzene rings is 1. The number of carbonyl (C=O) groups excluding carboxylic acids is 3. The van der Waals surface area contributed by atoms with Crippen molar-refractivity contribution in [3.63, 3.8) is 0 Å². The fourth-order valence-electron chi connectivity index (χ4n) is 3.46. The number of rotatable bonds is 7. The normalized spacial score (nSPS) is 22.8. The molecule has 1 aromatic rings. The molecule has 8 nitrogen and oxygen atoms in total. The van der Waals surface area contributed by atoms with Crippen LogP contribution in [0.25, 0.3) is 0 Å². The van der Waals surface area contributed by atoms with Crippen LogP contribution in [0.1, 0.15) is 26.2 Å². The lowest BCUT2D eigenvalue weighted by Crippen LogP contribution is -2.48. The second-order valence-electron chi connectivity index (χ2n) is 7.21. The Labute approximate surface area is 164 Å². The molecular formula is C20H27N3O5. The molecule has 3 atom stereocenters. The van der Waals surface area contributed by atoms with Crippen LogP contribution in [0.15, 0.2) is 24.3 Å². The third kappa shape index (κ3) is 4.81. The van der Waals surface area contributed by atoms with Gasteiger partial charge in [-0.25, -0.2) is 0 Å². The van der Waals surface area contributed by atoms with Gasteiger partial charge in [0, 0.05) is 31.8 Å². The van der Waals surface area contributed by atoms with E-state index >= 15 is 0 Å².